The van der Waals surface area contributed by atoms with Crippen LogP contribution >= 0.6 is 0 Å². The Morgan fingerprint density at radius 2 is 1.36 bits per heavy atom. The minimum Gasteiger partial charge on any atom is -0.486 e. The van der Waals surface area contributed by atoms with Crippen LogP contribution in [0.4, 0.5) is 5.69 Å². The molecule has 0 aromatic heterocycles. The summed E-state index contributed by atoms with van der Waals surface area (Å²) in [6.07, 6.45) is 0. The summed E-state index contributed by atoms with van der Waals surface area (Å²) in [5, 5.41) is 4.52. The van der Waals surface area contributed by atoms with Gasteiger partial charge in [0, 0.05) is 16.8 Å². The molecule has 0 amide bonds. The Labute approximate surface area is 145 Å². The predicted molar refractivity (Wildman–Crippen MR) is 102 cm³/mol. The monoisotopic (exact) mass is 327 g/mol. The molecule has 122 valence electrons. The lowest BCUT2D eigenvalue weighted by atomic mass is 9.91. The lowest BCUT2D eigenvalue weighted by molar-refractivity contribution is 0.173. The number of hydrogen-bond donors (Lipinski definition) is 1. The highest BCUT2D eigenvalue weighted by molar-refractivity contribution is 6.12. The van der Waals surface area contributed by atoms with E-state index < -0.39 is 0 Å². The molecule has 4 aromatic carbocycles. The van der Waals surface area contributed by atoms with E-state index in [9.17, 15) is 0 Å². The van der Waals surface area contributed by atoms with Crippen molar-refractivity contribution in [3.8, 4) is 22.6 Å². The third-order valence-corrected chi connectivity index (χ3v) is 4.77. The number of anilines is 1. The van der Waals surface area contributed by atoms with E-state index in [0.717, 1.165) is 49.9 Å². The Balaban J connectivity index is 1.98. The van der Waals surface area contributed by atoms with E-state index in [1.807, 2.05) is 30.3 Å². The summed E-state index contributed by atoms with van der Waals surface area (Å²) in [6, 6.07) is 22.7. The quantitative estimate of drug-likeness (QED) is 0.500. The zero-order chi connectivity index (χ0) is 16.8. The largest absolute Gasteiger partial charge is 0.486 e. The normalized spacial score (nSPS) is 13.3. The molecule has 0 atom stereocenters. The highest BCUT2D eigenvalue weighted by Crippen LogP contribution is 2.48. The fraction of sp³-hybridized carbons (Fsp3) is 0.0909. The Morgan fingerprint density at radius 3 is 2.20 bits per heavy atom. The third-order valence-electron chi connectivity index (χ3n) is 4.77. The van der Waals surface area contributed by atoms with E-state index >= 15 is 0 Å². The maximum Gasteiger partial charge on any atom is 0.169 e. The molecule has 0 bridgehead atoms. The lowest BCUT2D eigenvalue weighted by Gasteiger charge is -2.24. The number of hydrogen-bond acceptors (Lipinski definition) is 3. The van der Waals surface area contributed by atoms with Crippen molar-refractivity contribution in [2.75, 3.05) is 18.9 Å². The number of nitrogens with two attached hydrogens (primary N) is 1. The zero-order valence-corrected chi connectivity index (χ0v) is 13.7. The summed E-state index contributed by atoms with van der Waals surface area (Å²) < 4.78 is 11.9. The maximum absolute atomic E-state index is 6.45. The molecule has 25 heavy (non-hydrogen) atoms. The van der Waals surface area contributed by atoms with Crippen LogP contribution in [0.5, 0.6) is 11.5 Å². The highest BCUT2D eigenvalue weighted by Gasteiger charge is 2.23. The van der Waals surface area contributed by atoms with Crippen LogP contribution in [-0.2, 0) is 0 Å². The number of fused-ring (bicyclic) bond motifs is 3. The van der Waals surface area contributed by atoms with Crippen LogP contribution in [0.2, 0.25) is 0 Å². The minimum atomic E-state index is 0.545. The van der Waals surface area contributed by atoms with Crippen LogP contribution in [0.15, 0.2) is 66.7 Å². The van der Waals surface area contributed by atoms with E-state index in [2.05, 4.69) is 36.4 Å². The Bertz CT molecular complexity index is 1120. The minimum absolute atomic E-state index is 0.545. The average molecular weight is 327 g/mol. The van der Waals surface area contributed by atoms with Gasteiger partial charge in [0.15, 0.2) is 11.5 Å². The first kappa shape index (κ1) is 14.2. The topological polar surface area (TPSA) is 44.5 Å². The van der Waals surface area contributed by atoms with Gasteiger partial charge < -0.3 is 15.2 Å². The molecule has 5 rings (SSSR count). The SMILES string of the molecule is Nc1ccc2ccccc2c1-c1c2c(cc3ccccc13)OCCO2. The fourth-order valence-electron chi connectivity index (χ4n) is 3.66. The molecule has 0 unspecified atom stereocenters. The van der Waals surface area contributed by atoms with Gasteiger partial charge in [-0.1, -0.05) is 54.6 Å². The van der Waals surface area contributed by atoms with Gasteiger partial charge in [-0.15, -0.1) is 0 Å². The van der Waals surface area contributed by atoms with Crippen molar-refractivity contribution < 1.29 is 9.47 Å². The van der Waals surface area contributed by atoms with E-state index in [-0.39, 0.29) is 0 Å². The summed E-state index contributed by atoms with van der Waals surface area (Å²) >= 11 is 0. The molecule has 0 spiro atoms. The van der Waals surface area contributed by atoms with Crippen molar-refractivity contribution in [3.05, 3.63) is 66.7 Å². The first-order valence-corrected chi connectivity index (χ1v) is 8.42. The van der Waals surface area contributed by atoms with Crippen LogP contribution in [0.1, 0.15) is 0 Å². The molecule has 0 aliphatic carbocycles. The van der Waals surface area contributed by atoms with Crippen molar-refractivity contribution in [2.45, 2.75) is 0 Å². The fourth-order valence-corrected chi connectivity index (χ4v) is 3.66. The zero-order valence-electron chi connectivity index (χ0n) is 13.7. The van der Waals surface area contributed by atoms with E-state index in [4.69, 9.17) is 15.2 Å². The van der Waals surface area contributed by atoms with Gasteiger partial charge in [0.2, 0.25) is 0 Å². The number of ether oxygens (including phenoxy) is 2. The summed E-state index contributed by atoms with van der Waals surface area (Å²) in [6.45, 7) is 1.11. The molecule has 0 saturated heterocycles. The van der Waals surface area contributed by atoms with Gasteiger partial charge >= 0.3 is 0 Å². The molecule has 0 saturated carbocycles. The highest BCUT2D eigenvalue weighted by atomic mass is 16.6. The van der Waals surface area contributed by atoms with Gasteiger partial charge in [-0.05, 0) is 33.7 Å². The van der Waals surface area contributed by atoms with Gasteiger partial charge in [0.25, 0.3) is 0 Å². The Kier molecular flexibility index (Phi) is 3.07. The first-order chi connectivity index (χ1) is 12.3. The summed E-state index contributed by atoms with van der Waals surface area (Å²) in [7, 11) is 0. The second kappa shape index (κ2) is 5.42. The number of rotatable bonds is 1. The molecular formula is C22H17NO2. The van der Waals surface area contributed by atoms with Crippen LogP contribution in [0.3, 0.4) is 0 Å². The average Bonchev–Trinajstić information content (AvgIpc) is 2.67. The Morgan fingerprint density at radius 1 is 0.680 bits per heavy atom. The van der Waals surface area contributed by atoms with Crippen LogP contribution in [-0.4, -0.2) is 13.2 Å². The summed E-state index contributed by atoms with van der Waals surface area (Å²) in [4.78, 5) is 0. The molecule has 1 aliphatic rings. The van der Waals surface area contributed by atoms with Crippen molar-refractivity contribution in [2.24, 2.45) is 0 Å². The Hall–Kier alpha value is -3.20. The van der Waals surface area contributed by atoms with Crippen LogP contribution in [0, 0.1) is 0 Å². The van der Waals surface area contributed by atoms with Gasteiger partial charge in [0.05, 0.1) is 0 Å². The van der Waals surface area contributed by atoms with Gasteiger partial charge in [-0.25, -0.2) is 0 Å². The maximum atomic E-state index is 6.45. The van der Waals surface area contributed by atoms with Crippen molar-refractivity contribution in [1.82, 2.24) is 0 Å². The second-order valence-electron chi connectivity index (χ2n) is 6.25. The van der Waals surface area contributed by atoms with Crippen LogP contribution in [0.25, 0.3) is 32.7 Å². The summed E-state index contributed by atoms with van der Waals surface area (Å²) in [5.74, 6) is 1.57. The third kappa shape index (κ3) is 2.13. The first-order valence-electron chi connectivity index (χ1n) is 8.42. The summed E-state index contributed by atoms with van der Waals surface area (Å²) in [5.41, 5.74) is 9.22. The standard InChI is InChI=1S/C22H17NO2/c23-18-10-9-14-5-1-3-7-16(14)20(18)21-17-8-4-2-6-15(17)13-19-22(21)25-12-11-24-19/h1-10,13H,11-12,23H2. The molecule has 0 radical (unpaired) electrons. The molecule has 2 N–H and O–H groups in total. The van der Waals surface area contributed by atoms with Crippen molar-refractivity contribution >= 4 is 27.2 Å². The van der Waals surface area contributed by atoms with Gasteiger partial charge in [-0.2, -0.15) is 0 Å². The molecule has 1 aliphatic heterocycles. The van der Waals surface area contributed by atoms with E-state index in [0.29, 0.717) is 13.2 Å². The number of nitrogen functional groups attached to an aromatic ring is 1. The molecular weight excluding hydrogens is 310 g/mol. The smallest absolute Gasteiger partial charge is 0.169 e. The second-order valence-corrected chi connectivity index (χ2v) is 6.25. The molecule has 3 heteroatoms. The predicted octanol–water partition coefficient (Wildman–Crippen LogP) is 5.01. The molecule has 0 fully saturated rings. The molecule has 1 heterocycles. The molecule has 3 nitrogen and oxygen atoms in total. The van der Waals surface area contributed by atoms with Crippen molar-refractivity contribution in [3.63, 3.8) is 0 Å². The lowest BCUT2D eigenvalue weighted by Crippen LogP contribution is -2.16. The molecule has 4 aromatic rings. The van der Waals surface area contributed by atoms with Crippen LogP contribution < -0.4 is 15.2 Å². The van der Waals surface area contributed by atoms with Gasteiger partial charge in [0.1, 0.15) is 13.2 Å². The number of benzene rings is 4. The van der Waals surface area contributed by atoms with E-state index in [1.165, 1.54) is 0 Å². The van der Waals surface area contributed by atoms with E-state index in [1.54, 1.807) is 0 Å². The van der Waals surface area contributed by atoms with Gasteiger partial charge in [-0.3, -0.25) is 0 Å². The van der Waals surface area contributed by atoms with Crippen molar-refractivity contribution in [1.29, 1.82) is 0 Å².